The highest BCUT2D eigenvalue weighted by Crippen LogP contribution is 2.32. The Balaban J connectivity index is 0.000000658. The maximum absolute atomic E-state index is 11.5. The van der Waals surface area contributed by atoms with E-state index in [0.29, 0.717) is 28.5 Å². The number of methoxy groups -OCH3 is 2. The Hall–Kier alpha value is -3.84. The molecule has 0 aliphatic rings. The van der Waals surface area contributed by atoms with Crippen LogP contribution in [0.25, 0.3) is 22.3 Å². The maximum Gasteiger partial charge on any atom is 0.673 e. The van der Waals surface area contributed by atoms with E-state index in [-0.39, 0.29) is 4.90 Å². The molecule has 3 N–H and O–H groups in total. The number of hydrogen-bond donors (Lipinski definition) is 2. The second kappa shape index (κ2) is 10.8. The zero-order valence-electron chi connectivity index (χ0n) is 19.0. The standard InChI is InChI=1S/C23H20N2O5S.BF4/c1-28-21-12-7-15(13-23(21)29-2)22-14-19(18-5-3-4-6-20(18)30-22)25-16-8-10-17(11-9-16)31(24,26)27;2-1(3,4)5/h3-14H,1-2H3,(H2,24,26,27);/q;-1/p+1. The summed E-state index contributed by atoms with van der Waals surface area (Å²) in [5, 5.41) is 6.86. The first-order valence-corrected chi connectivity index (χ1v) is 11.8. The van der Waals surface area contributed by atoms with Crippen LogP contribution in [0.15, 0.2) is 82.1 Å². The summed E-state index contributed by atoms with van der Waals surface area (Å²) in [7, 11) is -6.58. The smallest absolute Gasteiger partial charge is 0.493 e. The van der Waals surface area contributed by atoms with Crippen molar-refractivity contribution in [1.29, 1.82) is 0 Å². The predicted octanol–water partition coefficient (Wildman–Crippen LogP) is 3.38. The van der Waals surface area contributed by atoms with Crippen molar-refractivity contribution in [3.8, 4) is 22.8 Å². The van der Waals surface area contributed by atoms with Crippen LogP contribution < -0.4 is 25.0 Å². The number of hydrogen-bond acceptors (Lipinski definition) is 5. The minimum absolute atomic E-state index is 0.0528. The van der Waals surface area contributed by atoms with Gasteiger partial charge in [0.2, 0.25) is 21.1 Å². The summed E-state index contributed by atoms with van der Waals surface area (Å²) in [6.45, 7) is 0. The van der Waals surface area contributed by atoms with Crippen LogP contribution in [0.2, 0.25) is 0 Å². The summed E-state index contributed by atoms with van der Waals surface area (Å²) < 4.78 is 78.9. The molecule has 7 nitrogen and oxygen atoms in total. The fourth-order valence-electron chi connectivity index (χ4n) is 3.25. The lowest BCUT2D eigenvalue weighted by molar-refractivity contribution is -0.400. The highest BCUT2D eigenvalue weighted by molar-refractivity contribution is 7.89. The van der Waals surface area contributed by atoms with Gasteiger partial charge in [0.05, 0.1) is 30.6 Å². The van der Waals surface area contributed by atoms with Crippen molar-refractivity contribution in [3.05, 3.63) is 78.2 Å². The lowest BCUT2D eigenvalue weighted by Gasteiger charge is -2.09. The van der Waals surface area contributed by atoms with E-state index in [9.17, 15) is 25.7 Å². The normalized spacial score (nSPS) is 12.1. The third-order valence-corrected chi connectivity index (χ3v) is 5.73. The van der Waals surface area contributed by atoms with Crippen molar-refractivity contribution in [2.75, 3.05) is 14.2 Å². The molecule has 0 aliphatic heterocycles. The highest BCUT2D eigenvalue weighted by atomic mass is 32.2. The molecule has 0 spiro atoms. The van der Waals surface area contributed by atoms with Crippen LogP contribution in [-0.2, 0) is 10.0 Å². The number of halogens is 4. The molecule has 190 valence electrons. The van der Waals surface area contributed by atoms with Crippen LogP contribution in [0.1, 0.15) is 0 Å². The third-order valence-electron chi connectivity index (χ3n) is 4.80. The molecular weight excluding hydrogens is 503 g/mol. The summed E-state index contributed by atoms with van der Waals surface area (Å²) in [6, 6.07) is 21.3. The van der Waals surface area contributed by atoms with Gasteiger partial charge in [0.15, 0.2) is 11.5 Å². The quantitative estimate of drug-likeness (QED) is 0.308. The Bertz CT molecular complexity index is 1530. The minimum Gasteiger partial charge on any atom is -0.493 e. The van der Waals surface area contributed by atoms with Gasteiger partial charge in [0.25, 0.3) is 0 Å². The zero-order chi connectivity index (χ0) is 26.5. The number of para-hydroxylation sites is 1. The van der Waals surface area contributed by atoms with Gasteiger partial charge in [-0.15, -0.1) is 0 Å². The largest absolute Gasteiger partial charge is 0.673 e. The van der Waals surface area contributed by atoms with Gasteiger partial charge in [-0.25, -0.2) is 18.5 Å². The topological polar surface area (TPSA) is 106 Å². The summed E-state index contributed by atoms with van der Waals surface area (Å²) in [4.78, 5) is 3.39. The molecular formula is C23H21BF4N2O5S. The number of rotatable bonds is 5. The molecule has 0 amide bonds. The van der Waals surface area contributed by atoms with E-state index in [1.165, 1.54) is 12.1 Å². The van der Waals surface area contributed by atoms with Crippen LogP contribution in [0, 0.1) is 0 Å². The van der Waals surface area contributed by atoms with Crippen LogP contribution in [-0.4, -0.2) is 29.9 Å². The van der Waals surface area contributed by atoms with E-state index in [1.54, 1.807) is 26.4 Å². The Morgan fingerprint density at radius 2 is 1.47 bits per heavy atom. The van der Waals surface area contributed by atoms with E-state index in [0.717, 1.165) is 16.3 Å². The summed E-state index contributed by atoms with van der Waals surface area (Å²) in [5.74, 6) is 1.85. The Kier molecular flexibility index (Phi) is 8.05. The second-order valence-corrected chi connectivity index (χ2v) is 8.84. The first-order chi connectivity index (χ1) is 16.9. The SMILES string of the molecule is COc1ccc(-c2cc(=[NH+]c3ccc(S(N)(=O)=O)cc3)c3ccccc3o2)cc1OC.F[B-](F)(F)F. The van der Waals surface area contributed by atoms with Crippen molar-refractivity contribution in [2.45, 2.75) is 4.90 Å². The molecule has 0 radical (unpaired) electrons. The summed E-state index contributed by atoms with van der Waals surface area (Å²) in [5.41, 5.74) is 2.22. The predicted molar refractivity (Wildman–Crippen MR) is 127 cm³/mol. The Morgan fingerprint density at radius 1 is 0.861 bits per heavy atom. The van der Waals surface area contributed by atoms with Crippen LogP contribution in [0.4, 0.5) is 23.0 Å². The van der Waals surface area contributed by atoms with Gasteiger partial charge in [-0.2, -0.15) is 0 Å². The second-order valence-electron chi connectivity index (χ2n) is 7.28. The van der Waals surface area contributed by atoms with Gasteiger partial charge < -0.3 is 31.2 Å². The van der Waals surface area contributed by atoms with E-state index >= 15 is 0 Å². The number of benzene rings is 3. The average Bonchev–Trinajstić information content (AvgIpc) is 2.82. The lowest BCUT2D eigenvalue weighted by atomic mass is 10.1. The molecule has 0 saturated heterocycles. The van der Waals surface area contributed by atoms with Gasteiger partial charge in [0.1, 0.15) is 11.3 Å². The Morgan fingerprint density at radius 3 is 2.06 bits per heavy atom. The van der Waals surface area contributed by atoms with E-state index in [1.807, 2.05) is 48.5 Å². The first kappa shape index (κ1) is 26.8. The molecule has 0 bridgehead atoms. The number of primary sulfonamides is 1. The van der Waals surface area contributed by atoms with Crippen molar-refractivity contribution < 1.29 is 44.6 Å². The van der Waals surface area contributed by atoms with Crippen LogP contribution in [0.3, 0.4) is 0 Å². The van der Waals surface area contributed by atoms with Crippen LogP contribution in [0.5, 0.6) is 11.5 Å². The van der Waals surface area contributed by atoms with Gasteiger partial charge in [-0.1, -0.05) is 12.1 Å². The maximum atomic E-state index is 11.5. The van der Waals surface area contributed by atoms with Crippen LogP contribution >= 0.6 is 0 Å². The third kappa shape index (κ3) is 7.09. The fraction of sp³-hybridized carbons (Fsp3) is 0.0870. The number of nitrogens with two attached hydrogens (primary N) is 1. The number of nitrogens with one attached hydrogen (secondary N) is 1. The lowest BCUT2D eigenvalue weighted by Crippen LogP contribution is -2.70. The van der Waals surface area contributed by atoms with Crippen molar-refractivity contribution in [1.82, 2.24) is 0 Å². The highest BCUT2D eigenvalue weighted by Gasteiger charge is 2.20. The molecule has 0 fully saturated rings. The van der Waals surface area contributed by atoms with Gasteiger partial charge in [0, 0.05) is 17.7 Å². The average molecular weight is 524 g/mol. The minimum atomic E-state index is -6.00. The molecule has 4 aromatic rings. The summed E-state index contributed by atoms with van der Waals surface area (Å²) in [6.07, 6.45) is 0. The van der Waals surface area contributed by atoms with E-state index in [4.69, 9.17) is 19.0 Å². The van der Waals surface area contributed by atoms with E-state index in [2.05, 4.69) is 4.99 Å². The zero-order valence-corrected chi connectivity index (χ0v) is 19.9. The van der Waals surface area contributed by atoms with Crippen molar-refractivity contribution >= 4 is 33.9 Å². The van der Waals surface area contributed by atoms with Gasteiger partial charge in [-0.05, 0) is 42.5 Å². The van der Waals surface area contributed by atoms with Gasteiger partial charge >= 0.3 is 7.25 Å². The number of fused-ring (bicyclic) bond motifs is 1. The van der Waals surface area contributed by atoms with Gasteiger partial charge in [-0.3, -0.25) is 0 Å². The molecule has 1 heterocycles. The number of sulfonamides is 1. The molecule has 0 aliphatic carbocycles. The molecule has 13 heteroatoms. The number of ether oxygens (including phenoxy) is 2. The molecule has 0 saturated carbocycles. The summed E-state index contributed by atoms with van der Waals surface area (Å²) >= 11 is 0. The Labute approximate surface area is 204 Å². The molecule has 1 aromatic heterocycles. The molecule has 36 heavy (non-hydrogen) atoms. The van der Waals surface area contributed by atoms with E-state index < -0.39 is 17.3 Å². The molecule has 0 atom stereocenters. The van der Waals surface area contributed by atoms with Crippen molar-refractivity contribution in [3.63, 3.8) is 0 Å². The fourth-order valence-corrected chi connectivity index (χ4v) is 3.77. The van der Waals surface area contributed by atoms with Crippen molar-refractivity contribution in [2.24, 2.45) is 5.14 Å². The monoisotopic (exact) mass is 524 g/mol. The molecule has 3 aromatic carbocycles. The molecule has 0 unspecified atom stereocenters. The molecule has 4 rings (SSSR count). The first-order valence-electron chi connectivity index (χ1n) is 10.2.